The molecule has 1 aromatic carbocycles. The summed E-state index contributed by atoms with van der Waals surface area (Å²) in [5.41, 5.74) is 6.99. The molecule has 21 heavy (non-hydrogen) atoms. The fourth-order valence-corrected chi connectivity index (χ4v) is 2.17. The fourth-order valence-electron chi connectivity index (χ4n) is 1.81. The van der Waals surface area contributed by atoms with Gasteiger partial charge in [0.25, 0.3) is 5.91 Å². The van der Waals surface area contributed by atoms with E-state index in [9.17, 15) is 4.79 Å². The summed E-state index contributed by atoms with van der Waals surface area (Å²) >= 11 is 3.37. The molecule has 3 N–H and O–H groups in total. The molecule has 0 atom stereocenters. The summed E-state index contributed by atoms with van der Waals surface area (Å²) in [5, 5.41) is 11.5. The average molecular weight is 358 g/mol. The minimum Gasteiger partial charge on any atom is -0.409 e. The van der Waals surface area contributed by atoms with Crippen LogP contribution in [0.25, 0.3) is 0 Å². The maximum atomic E-state index is 12.6. The van der Waals surface area contributed by atoms with Gasteiger partial charge in [-0.25, -0.2) is 0 Å². The first-order valence-corrected chi connectivity index (χ1v) is 7.29. The molecule has 0 aromatic heterocycles. The predicted octanol–water partition coefficient (Wildman–Crippen LogP) is 1.98. The number of halogens is 1. The van der Waals surface area contributed by atoms with Gasteiger partial charge in [-0.05, 0) is 24.6 Å². The lowest BCUT2D eigenvalue weighted by Gasteiger charge is -2.23. The second kappa shape index (κ2) is 8.63. The fraction of sp³-hybridized carbons (Fsp3) is 0.429. The van der Waals surface area contributed by atoms with Crippen LogP contribution in [0.5, 0.6) is 0 Å². The molecule has 116 valence electrons. The van der Waals surface area contributed by atoms with Gasteiger partial charge in [-0.15, -0.1) is 0 Å². The Morgan fingerprint density at radius 3 is 2.81 bits per heavy atom. The zero-order chi connectivity index (χ0) is 15.8. The zero-order valence-electron chi connectivity index (χ0n) is 12.2. The highest BCUT2D eigenvalue weighted by Crippen LogP contribution is 2.18. The van der Waals surface area contributed by atoms with Crippen molar-refractivity contribution >= 4 is 27.7 Å². The quantitative estimate of drug-likeness (QED) is 0.338. The predicted molar refractivity (Wildman–Crippen MR) is 84.7 cm³/mol. The Morgan fingerprint density at radius 2 is 2.19 bits per heavy atom. The van der Waals surface area contributed by atoms with E-state index >= 15 is 0 Å². The molecule has 0 unspecified atom stereocenters. The smallest absolute Gasteiger partial charge is 0.254 e. The van der Waals surface area contributed by atoms with Gasteiger partial charge in [-0.1, -0.05) is 27.2 Å². The SMILES string of the molecule is COCCN(CCC(N)=NO)C(=O)c1cc(Br)ccc1C. The molecule has 0 spiro atoms. The monoisotopic (exact) mass is 357 g/mol. The highest BCUT2D eigenvalue weighted by molar-refractivity contribution is 9.10. The summed E-state index contributed by atoms with van der Waals surface area (Å²) in [4.78, 5) is 14.3. The summed E-state index contributed by atoms with van der Waals surface area (Å²) in [6, 6.07) is 5.57. The van der Waals surface area contributed by atoms with Crippen molar-refractivity contribution in [2.75, 3.05) is 26.8 Å². The maximum Gasteiger partial charge on any atom is 0.254 e. The Hall–Kier alpha value is -1.60. The number of amidine groups is 1. The number of aryl methyl sites for hydroxylation is 1. The van der Waals surface area contributed by atoms with Gasteiger partial charge >= 0.3 is 0 Å². The largest absolute Gasteiger partial charge is 0.409 e. The van der Waals surface area contributed by atoms with Crippen LogP contribution in [0.4, 0.5) is 0 Å². The molecule has 0 fully saturated rings. The van der Waals surface area contributed by atoms with Crippen LogP contribution in [0.3, 0.4) is 0 Å². The van der Waals surface area contributed by atoms with Crippen LogP contribution in [-0.2, 0) is 4.74 Å². The van der Waals surface area contributed by atoms with Gasteiger partial charge in [0.05, 0.1) is 6.61 Å². The number of hydrogen-bond donors (Lipinski definition) is 2. The van der Waals surface area contributed by atoms with Gasteiger partial charge < -0.3 is 20.6 Å². The van der Waals surface area contributed by atoms with Gasteiger partial charge in [0.15, 0.2) is 0 Å². The Kier molecular flexibility index (Phi) is 7.18. The van der Waals surface area contributed by atoms with Crippen molar-refractivity contribution in [1.29, 1.82) is 0 Å². The summed E-state index contributed by atoms with van der Waals surface area (Å²) < 4.78 is 5.88. The van der Waals surface area contributed by atoms with Crippen LogP contribution in [0.1, 0.15) is 22.3 Å². The van der Waals surface area contributed by atoms with Crippen molar-refractivity contribution in [3.63, 3.8) is 0 Å². The van der Waals surface area contributed by atoms with E-state index < -0.39 is 0 Å². The van der Waals surface area contributed by atoms with Crippen molar-refractivity contribution in [1.82, 2.24) is 4.90 Å². The molecule has 0 bridgehead atoms. The average Bonchev–Trinajstić information content (AvgIpc) is 2.48. The number of benzene rings is 1. The van der Waals surface area contributed by atoms with E-state index in [2.05, 4.69) is 21.1 Å². The van der Waals surface area contributed by atoms with Gasteiger partial charge in [-0.2, -0.15) is 0 Å². The van der Waals surface area contributed by atoms with Crippen molar-refractivity contribution in [2.45, 2.75) is 13.3 Å². The third kappa shape index (κ3) is 5.35. The van der Waals surface area contributed by atoms with Crippen LogP contribution >= 0.6 is 15.9 Å². The van der Waals surface area contributed by atoms with Crippen molar-refractivity contribution < 1.29 is 14.7 Å². The van der Waals surface area contributed by atoms with Gasteiger partial charge in [0.2, 0.25) is 0 Å². The standard InChI is InChI=1S/C14H20BrN3O3/c1-10-3-4-11(15)9-12(10)14(19)18(7-8-21-2)6-5-13(16)17-20/h3-4,9,20H,5-8H2,1-2H3,(H2,16,17). The molecule has 7 heteroatoms. The zero-order valence-corrected chi connectivity index (χ0v) is 13.8. The second-order valence-corrected chi connectivity index (χ2v) is 5.50. The van der Waals surface area contributed by atoms with Crippen LogP contribution < -0.4 is 5.73 Å². The summed E-state index contributed by atoms with van der Waals surface area (Å²) in [6.07, 6.45) is 0.305. The highest BCUT2D eigenvalue weighted by atomic mass is 79.9. The van der Waals surface area contributed by atoms with Crippen LogP contribution in [0.2, 0.25) is 0 Å². The lowest BCUT2D eigenvalue weighted by atomic mass is 10.1. The topological polar surface area (TPSA) is 88.2 Å². The van der Waals surface area contributed by atoms with Gasteiger partial charge in [0, 0.05) is 36.7 Å². The molecule has 0 saturated heterocycles. The van der Waals surface area contributed by atoms with Crippen molar-refractivity contribution in [3.8, 4) is 0 Å². The minimum absolute atomic E-state index is 0.0937. The molecule has 6 nitrogen and oxygen atoms in total. The first-order chi connectivity index (χ1) is 9.99. The van der Waals surface area contributed by atoms with E-state index in [0.717, 1.165) is 10.0 Å². The number of methoxy groups -OCH3 is 1. The molecule has 0 aliphatic carbocycles. The lowest BCUT2D eigenvalue weighted by Crippen LogP contribution is -2.36. The number of nitrogens with zero attached hydrogens (tertiary/aromatic N) is 2. The third-order valence-electron chi connectivity index (χ3n) is 3.05. The number of hydrogen-bond acceptors (Lipinski definition) is 4. The Morgan fingerprint density at radius 1 is 1.48 bits per heavy atom. The van der Waals surface area contributed by atoms with Gasteiger partial charge in [-0.3, -0.25) is 4.79 Å². The van der Waals surface area contributed by atoms with E-state index in [4.69, 9.17) is 15.7 Å². The number of carbonyl (C=O) groups is 1. The van der Waals surface area contributed by atoms with Gasteiger partial charge in [0.1, 0.15) is 5.84 Å². The Bertz CT molecular complexity index is 520. The molecule has 0 saturated carbocycles. The third-order valence-corrected chi connectivity index (χ3v) is 3.54. The molecule has 1 amide bonds. The summed E-state index contributed by atoms with van der Waals surface area (Å²) in [7, 11) is 1.58. The molecule has 0 aliphatic rings. The van der Waals surface area contributed by atoms with E-state index in [-0.39, 0.29) is 11.7 Å². The maximum absolute atomic E-state index is 12.6. The first-order valence-electron chi connectivity index (χ1n) is 6.50. The minimum atomic E-state index is -0.100. The molecular weight excluding hydrogens is 338 g/mol. The number of carbonyl (C=O) groups excluding carboxylic acids is 1. The highest BCUT2D eigenvalue weighted by Gasteiger charge is 2.18. The van der Waals surface area contributed by atoms with Crippen LogP contribution in [0.15, 0.2) is 27.8 Å². The van der Waals surface area contributed by atoms with E-state index in [1.165, 1.54) is 0 Å². The number of oxime groups is 1. The lowest BCUT2D eigenvalue weighted by molar-refractivity contribution is 0.0700. The molecular formula is C14H20BrN3O3. The number of nitrogens with two attached hydrogens (primary N) is 1. The van der Waals surface area contributed by atoms with E-state index in [0.29, 0.717) is 31.7 Å². The van der Waals surface area contributed by atoms with Crippen molar-refractivity contribution in [3.05, 3.63) is 33.8 Å². The Balaban J connectivity index is 2.90. The molecule has 0 radical (unpaired) electrons. The normalized spacial score (nSPS) is 11.5. The molecule has 0 heterocycles. The number of ether oxygens (including phenoxy) is 1. The van der Waals surface area contributed by atoms with E-state index in [1.807, 2.05) is 19.1 Å². The Labute approximate surface area is 132 Å². The van der Waals surface area contributed by atoms with Crippen molar-refractivity contribution in [2.24, 2.45) is 10.9 Å². The van der Waals surface area contributed by atoms with E-state index in [1.54, 1.807) is 18.1 Å². The molecule has 1 aromatic rings. The number of amides is 1. The summed E-state index contributed by atoms with van der Waals surface area (Å²) in [6.45, 7) is 3.12. The van der Waals surface area contributed by atoms with Crippen LogP contribution in [-0.4, -0.2) is 48.7 Å². The molecule has 0 aliphatic heterocycles. The second-order valence-electron chi connectivity index (χ2n) is 4.59. The number of rotatable bonds is 7. The van der Waals surface area contributed by atoms with Crippen LogP contribution in [0, 0.1) is 6.92 Å². The summed E-state index contributed by atoms with van der Waals surface area (Å²) in [5.74, 6) is -0.00669. The molecule has 1 rings (SSSR count). The first kappa shape index (κ1) is 17.5.